The zero-order valence-corrected chi connectivity index (χ0v) is 16.8. The van der Waals surface area contributed by atoms with Crippen LogP contribution in [0.3, 0.4) is 0 Å². The van der Waals surface area contributed by atoms with E-state index in [9.17, 15) is 0 Å². The van der Waals surface area contributed by atoms with Crippen LogP contribution in [-0.4, -0.2) is 55.2 Å². The minimum absolute atomic E-state index is 0.592. The summed E-state index contributed by atoms with van der Waals surface area (Å²) in [5, 5.41) is 5.39. The van der Waals surface area contributed by atoms with Gasteiger partial charge in [-0.3, -0.25) is 14.5 Å². The van der Waals surface area contributed by atoms with Crippen LogP contribution in [0.1, 0.15) is 42.4 Å². The molecule has 7 heteroatoms. The van der Waals surface area contributed by atoms with Gasteiger partial charge in [-0.15, -0.1) is 0 Å². The van der Waals surface area contributed by atoms with Gasteiger partial charge in [-0.25, -0.2) is 4.98 Å². The number of halogens is 1. The third-order valence-electron chi connectivity index (χ3n) is 6.06. The molecule has 0 radical (unpaired) electrons. The van der Waals surface area contributed by atoms with Crippen LogP contribution in [0.15, 0.2) is 6.33 Å². The Balaban J connectivity index is 1.49. The van der Waals surface area contributed by atoms with E-state index < -0.39 is 0 Å². The van der Waals surface area contributed by atoms with Crippen LogP contribution in [-0.2, 0) is 26.6 Å². The van der Waals surface area contributed by atoms with Crippen molar-refractivity contribution in [2.45, 2.75) is 52.2 Å². The maximum absolute atomic E-state index is 6.55. The summed E-state index contributed by atoms with van der Waals surface area (Å²) in [5.74, 6) is 0.730. The Morgan fingerprint density at radius 1 is 1.19 bits per heavy atom. The van der Waals surface area contributed by atoms with Crippen LogP contribution in [0.2, 0.25) is 5.15 Å². The molecule has 0 amide bonds. The van der Waals surface area contributed by atoms with Crippen molar-refractivity contribution in [2.24, 2.45) is 13.0 Å². The molecule has 2 aromatic heterocycles. The molecule has 0 unspecified atom stereocenters. The number of aryl methyl sites for hydroxylation is 3. The van der Waals surface area contributed by atoms with Gasteiger partial charge in [0.25, 0.3) is 0 Å². The minimum Gasteiger partial charge on any atom is -0.348 e. The molecule has 5 heterocycles. The van der Waals surface area contributed by atoms with Gasteiger partial charge in [0.15, 0.2) is 0 Å². The molecule has 0 aliphatic carbocycles. The number of rotatable bonds is 5. The number of aromatic nitrogens is 4. The number of nitrogens with one attached hydrogen (secondary N) is 1. The highest BCUT2D eigenvalue weighted by Gasteiger charge is 2.35. The maximum Gasteiger partial charge on any atom is 0.131 e. The van der Waals surface area contributed by atoms with Crippen molar-refractivity contribution in [1.82, 2.24) is 29.5 Å². The lowest BCUT2D eigenvalue weighted by atomic mass is 9.94. The topological polar surface area (TPSA) is 53.0 Å². The third kappa shape index (κ3) is 3.42. The van der Waals surface area contributed by atoms with Gasteiger partial charge >= 0.3 is 0 Å². The molecule has 2 atom stereocenters. The second-order valence-corrected chi connectivity index (χ2v) is 8.25. The van der Waals surface area contributed by atoms with Crippen molar-refractivity contribution in [3.8, 4) is 0 Å². The van der Waals surface area contributed by atoms with Gasteiger partial charge in [-0.1, -0.05) is 18.5 Å². The molecule has 1 N–H and O–H groups in total. The summed E-state index contributed by atoms with van der Waals surface area (Å²) in [6.07, 6.45) is 5.35. The van der Waals surface area contributed by atoms with Crippen molar-refractivity contribution in [1.29, 1.82) is 0 Å². The molecular formula is C19H29ClN6. The molecule has 6 nitrogen and oxygen atoms in total. The lowest BCUT2D eigenvalue weighted by molar-refractivity contribution is 0.122. The fourth-order valence-electron chi connectivity index (χ4n) is 4.60. The summed E-state index contributed by atoms with van der Waals surface area (Å²) in [6, 6.07) is 0.592. The molecule has 3 aliphatic rings. The molecular weight excluding hydrogens is 348 g/mol. The molecule has 2 bridgehead atoms. The van der Waals surface area contributed by atoms with E-state index >= 15 is 0 Å². The summed E-state index contributed by atoms with van der Waals surface area (Å²) >= 11 is 6.55. The van der Waals surface area contributed by atoms with Gasteiger partial charge in [-0.2, -0.15) is 5.10 Å². The van der Waals surface area contributed by atoms with Crippen LogP contribution < -0.4 is 0 Å². The van der Waals surface area contributed by atoms with Crippen LogP contribution in [0.25, 0.3) is 0 Å². The number of H-pyrrole nitrogens is 1. The first-order valence-corrected chi connectivity index (χ1v) is 10.1. The fourth-order valence-corrected chi connectivity index (χ4v) is 4.81. The first-order chi connectivity index (χ1) is 12.5. The smallest absolute Gasteiger partial charge is 0.131 e. The monoisotopic (exact) mass is 376 g/mol. The first kappa shape index (κ1) is 18.0. The van der Waals surface area contributed by atoms with Crippen LogP contribution >= 0.6 is 11.6 Å². The van der Waals surface area contributed by atoms with E-state index in [-0.39, 0.29) is 0 Å². The highest BCUT2D eigenvalue weighted by Crippen LogP contribution is 2.32. The molecule has 26 heavy (non-hydrogen) atoms. The largest absolute Gasteiger partial charge is 0.348 e. The van der Waals surface area contributed by atoms with Gasteiger partial charge in [0.2, 0.25) is 0 Å². The van der Waals surface area contributed by atoms with Crippen molar-refractivity contribution in [2.75, 3.05) is 19.6 Å². The standard InChI is InChI=1S/C19H29ClN6/c1-4-17-16(19(20)24(3)23-17)10-26-8-14-5-6-15(26)9-25(7-14)11-18-13(2)21-12-22-18/h12,14-15H,4-11H2,1-3H3,(H,21,22)/t14-,15+/m0/s1. The number of hydrogen-bond donors (Lipinski definition) is 1. The number of nitrogens with zero attached hydrogens (tertiary/aromatic N) is 5. The summed E-state index contributed by atoms with van der Waals surface area (Å²) < 4.78 is 1.82. The summed E-state index contributed by atoms with van der Waals surface area (Å²) in [5.41, 5.74) is 4.73. The maximum atomic E-state index is 6.55. The average molecular weight is 377 g/mol. The van der Waals surface area contributed by atoms with Crippen LogP contribution in [0, 0.1) is 12.8 Å². The summed E-state index contributed by atoms with van der Waals surface area (Å²) in [6.45, 7) is 9.58. The Morgan fingerprint density at radius 3 is 2.77 bits per heavy atom. The van der Waals surface area contributed by atoms with E-state index in [1.54, 1.807) is 6.33 Å². The predicted octanol–water partition coefficient (Wildman–Crippen LogP) is 2.76. The molecule has 3 saturated heterocycles. The van der Waals surface area contributed by atoms with Crippen molar-refractivity contribution in [3.63, 3.8) is 0 Å². The Morgan fingerprint density at radius 2 is 2.04 bits per heavy atom. The van der Waals surface area contributed by atoms with Crippen molar-refractivity contribution in [3.05, 3.63) is 34.1 Å². The van der Waals surface area contributed by atoms with Crippen molar-refractivity contribution < 1.29 is 0 Å². The van der Waals surface area contributed by atoms with E-state index in [1.807, 2.05) is 11.7 Å². The summed E-state index contributed by atoms with van der Waals surface area (Å²) in [4.78, 5) is 12.9. The molecule has 0 spiro atoms. The van der Waals surface area contributed by atoms with Crippen molar-refractivity contribution >= 4 is 11.6 Å². The Kier molecular flexibility index (Phi) is 5.08. The van der Waals surface area contributed by atoms with Gasteiger partial charge in [0, 0.05) is 57.1 Å². The first-order valence-electron chi connectivity index (χ1n) is 9.70. The van der Waals surface area contributed by atoms with Gasteiger partial charge < -0.3 is 4.98 Å². The fraction of sp³-hybridized carbons (Fsp3) is 0.684. The molecule has 142 valence electrons. The molecule has 2 aromatic rings. The molecule has 3 fully saturated rings. The zero-order valence-electron chi connectivity index (χ0n) is 16.0. The van der Waals surface area contributed by atoms with Crippen LogP contribution in [0.5, 0.6) is 0 Å². The predicted molar refractivity (Wildman–Crippen MR) is 103 cm³/mol. The average Bonchev–Trinajstić information content (AvgIpc) is 3.00. The second kappa shape index (κ2) is 7.33. The minimum atomic E-state index is 0.592. The SMILES string of the molecule is CCc1nn(C)c(Cl)c1CN1C[C@H]2CC[C@@H]1CN(Cc1nc[nH]c1C)C2. The van der Waals surface area contributed by atoms with E-state index in [1.165, 1.54) is 36.3 Å². The molecule has 3 aliphatic heterocycles. The molecule has 0 saturated carbocycles. The number of piperidine rings is 1. The lowest BCUT2D eigenvalue weighted by Gasteiger charge is -2.36. The Bertz CT molecular complexity index is 766. The zero-order chi connectivity index (χ0) is 18.3. The highest BCUT2D eigenvalue weighted by atomic mass is 35.5. The number of imidazole rings is 1. The second-order valence-electron chi connectivity index (χ2n) is 7.89. The third-order valence-corrected chi connectivity index (χ3v) is 6.53. The Hall–Kier alpha value is -1.37. The van der Waals surface area contributed by atoms with Crippen LogP contribution in [0.4, 0.5) is 0 Å². The molecule has 0 aromatic carbocycles. The van der Waals surface area contributed by atoms with E-state index in [2.05, 4.69) is 38.7 Å². The van der Waals surface area contributed by atoms with Gasteiger partial charge in [0.1, 0.15) is 5.15 Å². The van der Waals surface area contributed by atoms with E-state index in [4.69, 9.17) is 11.6 Å². The van der Waals surface area contributed by atoms with Gasteiger partial charge in [0.05, 0.1) is 17.7 Å². The van der Waals surface area contributed by atoms with E-state index in [0.29, 0.717) is 6.04 Å². The Labute approximate surface area is 160 Å². The number of fused-ring (bicyclic) bond motifs is 4. The van der Waals surface area contributed by atoms with Gasteiger partial charge in [-0.05, 0) is 32.1 Å². The quantitative estimate of drug-likeness (QED) is 0.871. The highest BCUT2D eigenvalue weighted by molar-refractivity contribution is 6.30. The number of hydrogen-bond acceptors (Lipinski definition) is 4. The van der Waals surface area contributed by atoms with E-state index in [0.717, 1.165) is 49.4 Å². The molecule has 5 rings (SSSR count). The lowest BCUT2D eigenvalue weighted by Crippen LogP contribution is -2.43. The normalized spacial score (nSPS) is 24.3. The summed E-state index contributed by atoms with van der Waals surface area (Å²) in [7, 11) is 1.94. The number of aromatic amines is 1.